The molecule has 22 heavy (non-hydrogen) atoms. The highest BCUT2D eigenvalue weighted by atomic mass is 31.2. The zero-order valence-electron chi connectivity index (χ0n) is 14.7. The molecule has 0 bridgehead atoms. The van der Waals surface area contributed by atoms with Crippen molar-refractivity contribution in [3.63, 3.8) is 0 Å². The van der Waals surface area contributed by atoms with Gasteiger partial charge in [0, 0.05) is 0 Å². The molecule has 0 aliphatic rings. The highest BCUT2D eigenvalue weighted by molar-refractivity contribution is 7.54. The van der Waals surface area contributed by atoms with Crippen LogP contribution >= 0.6 is 7.60 Å². The molecule has 0 spiro atoms. The molecule has 2 N–H and O–H groups in total. The van der Waals surface area contributed by atoms with Crippen LogP contribution in [0.5, 0.6) is 5.75 Å². The molecule has 1 atom stereocenters. The van der Waals surface area contributed by atoms with Crippen LogP contribution in [-0.4, -0.2) is 15.2 Å². The molecule has 0 saturated carbocycles. The lowest BCUT2D eigenvalue weighted by atomic mass is 9.67. The Kier molecular flexibility index (Phi) is 5.23. The van der Waals surface area contributed by atoms with E-state index in [-0.39, 0.29) is 12.4 Å². The number of benzene rings is 1. The molecule has 0 heterocycles. The van der Waals surface area contributed by atoms with Crippen molar-refractivity contribution in [3.05, 3.63) is 29.8 Å². The van der Waals surface area contributed by atoms with Crippen molar-refractivity contribution in [2.45, 2.75) is 60.2 Å². The Bertz CT molecular complexity index is 536. The first-order chi connectivity index (χ1) is 9.72. The van der Waals surface area contributed by atoms with Crippen LogP contribution in [0.2, 0.25) is 0 Å². The van der Waals surface area contributed by atoms with E-state index >= 15 is 0 Å². The number of phenolic OH excluding ortho intramolecular Hbond substituents is 1. The first kappa shape index (κ1) is 19.2. The van der Waals surface area contributed by atoms with Crippen LogP contribution in [0.25, 0.3) is 0 Å². The third kappa shape index (κ3) is 3.56. The summed E-state index contributed by atoms with van der Waals surface area (Å²) in [7, 11) is -3.90. The first-order valence-electron chi connectivity index (χ1n) is 7.48. The molecule has 4 nitrogen and oxygen atoms in total. The molecule has 0 aliphatic carbocycles. The molecule has 0 radical (unpaired) electrons. The standard InChI is InChI=1S/C17H29O4P/c1-15(2,3)17(7,16(4,5)6)22(19,20)21-12-13-8-10-14(18)11-9-13/h8-11,18H,12H2,1-7H3,(H,19,20). The van der Waals surface area contributed by atoms with Crippen molar-refractivity contribution in [2.75, 3.05) is 0 Å². The van der Waals surface area contributed by atoms with Crippen molar-refractivity contribution in [3.8, 4) is 5.75 Å². The Hall–Kier alpha value is -0.830. The van der Waals surface area contributed by atoms with Gasteiger partial charge < -0.3 is 14.5 Å². The first-order valence-corrected chi connectivity index (χ1v) is 9.05. The summed E-state index contributed by atoms with van der Waals surface area (Å²) in [5.74, 6) is 0.158. The van der Waals surface area contributed by atoms with Gasteiger partial charge in [-0.25, -0.2) is 0 Å². The Morgan fingerprint density at radius 3 is 1.73 bits per heavy atom. The summed E-state index contributed by atoms with van der Waals surface area (Å²) in [6.45, 7) is 13.6. The summed E-state index contributed by atoms with van der Waals surface area (Å²) >= 11 is 0. The Labute approximate surface area is 134 Å². The maximum atomic E-state index is 13.1. The number of hydrogen-bond acceptors (Lipinski definition) is 3. The van der Waals surface area contributed by atoms with Gasteiger partial charge in [-0.1, -0.05) is 53.7 Å². The van der Waals surface area contributed by atoms with E-state index in [9.17, 15) is 14.6 Å². The van der Waals surface area contributed by atoms with E-state index in [2.05, 4.69) is 0 Å². The maximum absolute atomic E-state index is 13.1. The van der Waals surface area contributed by atoms with Crippen LogP contribution in [0.15, 0.2) is 24.3 Å². The summed E-state index contributed by atoms with van der Waals surface area (Å²) in [5, 5.41) is 8.37. The van der Waals surface area contributed by atoms with E-state index in [1.807, 2.05) is 48.5 Å². The number of rotatable bonds is 4. The van der Waals surface area contributed by atoms with Crippen LogP contribution in [0, 0.1) is 10.8 Å². The van der Waals surface area contributed by atoms with Gasteiger partial charge in [-0.3, -0.25) is 4.57 Å². The van der Waals surface area contributed by atoms with Gasteiger partial charge in [0.15, 0.2) is 0 Å². The predicted molar refractivity (Wildman–Crippen MR) is 90.0 cm³/mol. The second kappa shape index (κ2) is 5.99. The van der Waals surface area contributed by atoms with E-state index in [4.69, 9.17) is 4.52 Å². The smallest absolute Gasteiger partial charge is 0.335 e. The minimum Gasteiger partial charge on any atom is -0.508 e. The topological polar surface area (TPSA) is 66.8 Å². The molecule has 126 valence electrons. The molecule has 0 fully saturated rings. The van der Waals surface area contributed by atoms with E-state index < -0.39 is 23.6 Å². The molecule has 0 amide bonds. The Balaban J connectivity index is 3.09. The summed E-state index contributed by atoms with van der Waals surface area (Å²) in [6.07, 6.45) is 0. The van der Waals surface area contributed by atoms with Crippen LogP contribution in [0.1, 0.15) is 54.0 Å². The molecule has 1 aromatic rings. The molecular weight excluding hydrogens is 299 g/mol. The van der Waals surface area contributed by atoms with Gasteiger partial charge in [-0.2, -0.15) is 0 Å². The zero-order chi connectivity index (χ0) is 17.4. The average molecular weight is 328 g/mol. The third-order valence-corrected chi connectivity index (χ3v) is 7.78. The van der Waals surface area contributed by atoms with E-state index in [0.29, 0.717) is 0 Å². The van der Waals surface area contributed by atoms with Gasteiger partial charge in [0.25, 0.3) is 0 Å². The van der Waals surface area contributed by atoms with Gasteiger partial charge in [0.2, 0.25) is 0 Å². The lowest BCUT2D eigenvalue weighted by Crippen LogP contribution is -2.50. The Morgan fingerprint density at radius 2 is 1.36 bits per heavy atom. The molecule has 0 aliphatic heterocycles. The second-order valence-electron chi connectivity index (χ2n) is 8.03. The van der Waals surface area contributed by atoms with Crippen molar-refractivity contribution in [2.24, 2.45) is 10.8 Å². The maximum Gasteiger partial charge on any atom is 0.335 e. The van der Waals surface area contributed by atoms with Gasteiger partial charge >= 0.3 is 7.60 Å². The quantitative estimate of drug-likeness (QED) is 0.768. The molecule has 1 rings (SSSR count). The molecule has 0 aromatic heterocycles. The summed E-state index contributed by atoms with van der Waals surface area (Å²) in [6, 6.07) is 6.43. The lowest BCUT2D eigenvalue weighted by molar-refractivity contribution is 0.0987. The van der Waals surface area contributed by atoms with Crippen molar-refractivity contribution in [1.82, 2.24) is 0 Å². The summed E-state index contributed by atoms with van der Waals surface area (Å²) in [4.78, 5) is 10.7. The normalized spacial score (nSPS) is 16.4. The van der Waals surface area contributed by atoms with Crippen LogP contribution in [0.4, 0.5) is 0 Å². The predicted octanol–water partition coefficient (Wildman–Crippen LogP) is 4.95. The molecule has 0 saturated heterocycles. The zero-order valence-corrected chi connectivity index (χ0v) is 15.6. The average Bonchev–Trinajstić information content (AvgIpc) is 2.34. The number of hydrogen-bond donors (Lipinski definition) is 2. The van der Waals surface area contributed by atoms with Crippen molar-refractivity contribution in [1.29, 1.82) is 0 Å². The monoisotopic (exact) mass is 328 g/mol. The molecule has 1 aromatic carbocycles. The Morgan fingerprint density at radius 1 is 0.955 bits per heavy atom. The number of aromatic hydroxyl groups is 1. The van der Waals surface area contributed by atoms with Crippen LogP contribution in [0.3, 0.4) is 0 Å². The molecule has 1 unspecified atom stereocenters. The molecular formula is C17H29O4P. The summed E-state index contributed by atoms with van der Waals surface area (Å²) in [5.41, 5.74) is -0.0770. The van der Waals surface area contributed by atoms with E-state index in [1.165, 1.54) is 12.1 Å². The largest absolute Gasteiger partial charge is 0.508 e. The fraction of sp³-hybridized carbons (Fsp3) is 0.647. The van der Waals surface area contributed by atoms with Gasteiger partial charge in [-0.05, 0) is 35.4 Å². The highest BCUT2D eigenvalue weighted by Crippen LogP contribution is 2.69. The fourth-order valence-corrected chi connectivity index (χ4v) is 5.13. The molecule has 5 heteroatoms. The van der Waals surface area contributed by atoms with Gasteiger partial charge in [0.05, 0.1) is 11.8 Å². The SMILES string of the molecule is CC(C)(C)C(C)(C(C)(C)C)P(=O)(O)OCc1ccc(O)cc1. The van der Waals surface area contributed by atoms with Crippen molar-refractivity contribution >= 4 is 7.60 Å². The van der Waals surface area contributed by atoms with Gasteiger partial charge in [-0.15, -0.1) is 0 Å². The lowest BCUT2D eigenvalue weighted by Gasteiger charge is -2.52. The van der Waals surface area contributed by atoms with Crippen LogP contribution in [-0.2, 0) is 15.7 Å². The summed E-state index contributed by atoms with van der Waals surface area (Å²) < 4.78 is 18.6. The number of phenols is 1. The van der Waals surface area contributed by atoms with E-state index in [0.717, 1.165) is 5.56 Å². The van der Waals surface area contributed by atoms with Gasteiger partial charge in [0.1, 0.15) is 5.75 Å². The second-order valence-corrected chi connectivity index (χ2v) is 10.2. The van der Waals surface area contributed by atoms with Crippen molar-refractivity contribution < 1.29 is 19.1 Å². The third-order valence-electron chi connectivity index (χ3n) is 4.83. The fourth-order valence-electron chi connectivity index (χ4n) is 2.86. The van der Waals surface area contributed by atoms with Crippen LogP contribution < -0.4 is 0 Å². The highest BCUT2D eigenvalue weighted by Gasteiger charge is 2.59. The minimum absolute atomic E-state index is 0.0375. The minimum atomic E-state index is -3.90. The van der Waals surface area contributed by atoms with E-state index in [1.54, 1.807) is 12.1 Å².